The third-order valence-electron chi connectivity index (χ3n) is 6.78. The molecule has 136 valence electrons. The van der Waals surface area contributed by atoms with E-state index in [-0.39, 0.29) is 0 Å². The summed E-state index contributed by atoms with van der Waals surface area (Å²) in [7, 11) is 1.85. The fourth-order valence-electron chi connectivity index (χ4n) is 5.06. The Labute approximate surface area is 146 Å². The zero-order valence-corrected chi connectivity index (χ0v) is 16.0. The number of methoxy groups -OCH3 is 1. The average molecular weight is 323 g/mol. The van der Waals surface area contributed by atoms with Crippen molar-refractivity contribution in [2.45, 2.75) is 103 Å². The molecule has 2 saturated carbocycles. The second-order valence-corrected chi connectivity index (χ2v) is 8.66. The Morgan fingerprint density at radius 3 is 1.57 bits per heavy atom. The van der Waals surface area contributed by atoms with Gasteiger partial charge in [-0.15, -0.1) is 0 Å². The zero-order chi connectivity index (χ0) is 16.3. The predicted molar refractivity (Wildman–Crippen MR) is 101 cm³/mol. The molecule has 0 bridgehead atoms. The van der Waals surface area contributed by atoms with E-state index in [9.17, 15) is 0 Å². The highest BCUT2D eigenvalue weighted by Crippen LogP contribution is 2.37. The highest BCUT2D eigenvalue weighted by Gasteiger charge is 2.24. The van der Waals surface area contributed by atoms with Gasteiger partial charge in [0.05, 0.1) is 0 Å². The van der Waals surface area contributed by atoms with Crippen LogP contribution in [0.15, 0.2) is 0 Å². The lowest BCUT2D eigenvalue weighted by Crippen LogP contribution is -2.20. The van der Waals surface area contributed by atoms with Crippen molar-refractivity contribution >= 4 is 0 Å². The first-order valence-electron chi connectivity index (χ1n) is 10.8. The van der Waals surface area contributed by atoms with Crippen LogP contribution in [0, 0.1) is 23.7 Å². The maximum Gasteiger partial charge on any atom is 0.0490 e. The van der Waals surface area contributed by atoms with Crippen molar-refractivity contribution in [1.29, 1.82) is 0 Å². The molecule has 0 spiro atoms. The minimum atomic E-state index is 0.861. The van der Waals surface area contributed by atoms with Gasteiger partial charge >= 0.3 is 0 Å². The summed E-state index contributed by atoms with van der Waals surface area (Å²) in [4.78, 5) is 0. The second kappa shape index (κ2) is 11.5. The summed E-state index contributed by atoms with van der Waals surface area (Å²) in [5, 5.41) is 0. The molecule has 0 saturated heterocycles. The molecule has 2 aliphatic carbocycles. The van der Waals surface area contributed by atoms with Crippen LogP contribution in [0.3, 0.4) is 0 Å². The van der Waals surface area contributed by atoms with E-state index in [1.165, 1.54) is 96.3 Å². The van der Waals surface area contributed by atoms with Gasteiger partial charge in [0.25, 0.3) is 0 Å². The zero-order valence-electron chi connectivity index (χ0n) is 16.0. The molecule has 0 aromatic carbocycles. The van der Waals surface area contributed by atoms with Crippen molar-refractivity contribution in [3.63, 3.8) is 0 Å². The van der Waals surface area contributed by atoms with Crippen molar-refractivity contribution in [2.24, 2.45) is 23.7 Å². The van der Waals surface area contributed by atoms with Gasteiger partial charge in [0, 0.05) is 13.7 Å². The maximum absolute atomic E-state index is 5.32. The summed E-state index contributed by atoms with van der Waals surface area (Å²) in [6, 6.07) is 0. The first-order valence-corrected chi connectivity index (χ1v) is 10.8. The fourth-order valence-corrected chi connectivity index (χ4v) is 5.06. The monoisotopic (exact) mass is 322 g/mol. The molecule has 1 heteroatoms. The predicted octanol–water partition coefficient (Wildman–Crippen LogP) is 7.00. The molecule has 23 heavy (non-hydrogen) atoms. The normalized spacial score (nSPS) is 32.1. The van der Waals surface area contributed by atoms with Gasteiger partial charge in [-0.3, -0.25) is 0 Å². The molecule has 2 fully saturated rings. The Hall–Kier alpha value is -0.0400. The lowest BCUT2D eigenvalue weighted by Gasteiger charge is -2.32. The lowest BCUT2D eigenvalue weighted by atomic mass is 9.75. The Bertz CT molecular complexity index is 272. The first kappa shape index (κ1) is 19.3. The molecule has 0 atom stereocenters. The Morgan fingerprint density at radius 1 is 0.609 bits per heavy atom. The van der Waals surface area contributed by atoms with Crippen molar-refractivity contribution in [1.82, 2.24) is 0 Å². The van der Waals surface area contributed by atoms with E-state index in [0.29, 0.717) is 0 Å². The van der Waals surface area contributed by atoms with Crippen LogP contribution in [-0.2, 0) is 4.74 Å². The summed E-state index contributed by atoms with van der Waals surface area (Å²) in [6.07, 6.45) is 22.3. The molecule has 0 heterocycles. The Kier molecular flexibility index (Phi) is 9.65. The number of hydrogen-bond acceptors (Lipinski definition) is 1. The molecule has 0 unspecified atom stereocenters. The quantitative estimate of drug-likeness (QED) is 0.393. The summed E-state index contributed by atoms with van der Waals surface area (Å²) in [5.74, 6) is 4.04. The molecule has 0 radical (unpaired) electrons. The molecule has 1 nitrogen and oxygen atoms in total. The number of rotatable bonds is 10. The van der Waals surface area contributed by atoms with Crippen LogP contribution in [0.2, 0.25) is 0 Å². The van der Waals surface area contributed by atoms with E-state index in [1.54, 1.807) is 0 Å². The van der Waals surface area contributed by atoms with Crippen LogP contribution in [0.5, 0.6) is 0 Å². The van der Waals surface area contributed by atoms with Crippen LogP contribution < -0.4 is 0 Å². The fraction of sp³-hybridized carbons (Fsp3) is 1.00. The molecule has 2 aliphatic rings. The van der Waals surface area contributed by atoms with E-state index in [1.807, 2.05) is 7.11 Å². The molecular weight excluding hydrogens is 280 g/mol. The lowest BCUT2D eigenvalue weighted by molar-refractivity contribution is 0.115. The molecule has 0 amide bonds. The van der Waals surface area contributed by atoms with Gasteiger partial charge in [-0.25, -0.2) is 0 Å². The molecular formula is C22H42O. The topological polar surface area (TPSA) is 9.23 Å². The molecule has 0 aliphatic heterocycles. The summed E-state index contributed by atoms with van der Waals surface area (Å²) >= 11 is 0. The summed E-state index contributed by atoms with van der Waals surface area (Å²) in [6.45, 7) is 3.31. The molecule has 2 rings (SSSR count). The van der Waals surface area contributed by atoms with Crippen LogP contribution in [0.1, 0.15) is 103 Å². The molecule has 0 aromatic heterocycles. The number of unbranched alkanes of at least 4 members (excludes halogenated alkanes) is 3. The minimum absolute atomic E-state index is 0.861. The van der Waals surface area contributed by atoms with Gasteiger partial charge in [-0.1, -0.05) is 90.4 Å². The van der Waals surface area contributed by atoms with E-state index < -0.39 is 0 Å². The van der Waals surface area contributed by atoms with E-state index in [2.05, 4.69) is 6.92 Å². The Morgan fingerprint density at radius 2 is 1.09 bits per heavy atom. The Balaban J connectivity index is 1.50. The van der Waals surface area contributed by atoms with Gasteiger partial charge in [0.1, 0.15) is 0 Å². The minimum Gasteiger partial charge on any atom is -0.384 e. The van der Waals surface area contributed by atoms with Gasteiger partial charge in [0.2, 0.25) is 0 Å². The summed E-state index contributed by atoms with van der Waals surface area (Å²) in [5.41, 5.74) is 0. The molecule has 0 N–H and O–H groups in total. The van der Waals surface area contributed by atoms with Crippen LogP contribution in [0.4, 0.5) is 0 Å². The van der Waals surface area contributed by atoms with Crippen molar-refractivity contribution in [3.8, 4) is 0 Å². The van der Waals surface area contributed by atoms with Gasteiger partial charge in [-0.2, -0.15) is 0 Å². The third-order valence-corrected chi connectivity index (χ3v) is 6.78. The van der Waals surface area contributed by atoms with Crippen LogP contribution in [-0.4, -0.2) is 13.7 Å². The van der Waals surface area contributed by atoms with E-state index >= 15 is 0 Å². The number of hydrogen-bond donors (Lipinski definition) is 0. The van der Waals surface area contributed by atoms with Gasteiger partial charge in [-0.05, 0) is 36.5 Å². The highest BCUT2D eigenvalue weighted by molar-refractivity contribution is 4.76. The maximum atomic E-state index is 5.32. The van der Waals surface area contributed by atoms with E-state index in [0.717, 1.165) is 30.3 Å². The van der Waals surface area contributed by atoms with Crippen LogP contribution >= 0.6 is 0 Å². The third kappa shape index (κ3) is 7.59. The smallest absolute Gasteiger partial charge is 0.0490 e. The van der Waals surface area contributed by atoms with Crippen molar-refractivity contribution in [3.05, 3.63) is 0 Å². The second-order valence-electron chi connectivity index (χ2n) is 8.66. The number of ether oxygens (including phenoxy) is 1. The largest absolute Gasteiger partial charge is 0.384 e. The van der Waals surface area contributed by atoms with Crippen molar-refractivity contribution in [2.75, 3.05) is 13.7 Å². The highest BCUT2D eigenvalue weighted by atomic mass is 16.5. The standard InChI is InChI=1S/C22H42O/c1-3-4-5-6-7-19-8-10-20(11-9-19)12-13-21-14-16-22(17-15-21)18-23-2/h19-22H,3-18H2,1-2H3/t19-,20-,21-,22-. The van der Waals surface area contributed by atoms with Crippen LogP contribution in [0.25, 0.3) is 0 Å². The van der Waals surface area contributed by atoms with E-state index in [4.69, 9.17) is 4.74 Å². The first-order chi connectivity index (χ1) is 11.3. The van der Waals surface area contributed by atoms with Crippen molar-refractivity contribution < 1.29 is 4.74 Å². The SMILES string of the molecule is CCCCCC[C@H]1CC[C@H](CC[C@H]2CC[C@H](COC)CC2)CC1. The summed E-state index contributed by atoms with van der Waals surface area (Å²) < 4.78 is 5.32. The van der Waals surface area contributed by atoms with Gasteiger partial charge < -0.3 is 4.74 Å². The average Bonchev–Trinajstić information content (AvgIpc) is 2.59. The molecule has 0 aromatic rings. The van der Waals surface area contributed by atoms with Gasteiger partial charge in [0.15, 0.2) is 0 Å².